The van der Waals surface area contributed by atoms with Gasteiger partial charge in [0.1, 0.15) is 37.9 Å². The van der Waals surface area contributed by atoms with Crippen molar-refractivity contribution in [3.05, 3.63) is 62.1 Å². The molecule has 0 aromatic heterocycles. The molecule has 4 nitrogen and oxygen atoms in total. The van der Waals surface area contributed by atoms with Gasteiger partial charge in [0.25, 0.3) is 0 Å². The summed E-state index contributed by atoms with van der Waals surface area (Å²) in [5.74, 6) is 1.60. The van der Waals surface area contributed by atoms with Crippen LogP contribution in [0.3, 0.4) is 0 Å². The Bertz CT molecular complexity index is 571. The number of hydrogen-bond donors (Lipinski definition) is 0. The summed E-state index contributed by atoms with van der Waals surface area (Å²) in [6.07, 6.45) is 2.81. The van der Waals surface area contributed by atoms with E-state index in [4.69, 9.17) is 18.9 Å². The van der Waals surface area contributed by atoms with E-state index >= 15 is 0 Å². The third-order valence-electron chi connectivity index (χ3n) is 2.96. The number of fused-ring (bicyclic) bond motifs is 1. The predicted molar refractivity (Wildman–Crippen MR) is 87.2 cm³/mol. The molecule has 4 heteroatoms. The minimum absolute atomic E-state index is 0.479. The normalized spacial score (nSPS) is 10.0. The van der Waals surface area contributed by atoms with Crippen LogP contribution in [-0.2, 0) is 9.47 Å². The van der Waals surface area contributed by atoms with Crippen LogP contribution >= 0.6 is 0 Å². The quantitative estimate of drug-likeness (QED) is 0.492. The summed E-state index contributed by atoms with van der Waals surface area (Å²) in [4.78, 5) is 0. The molecule has 0 aliphatic rings. The Hall–Kier alpha value is -2.62. The average molecular weight is 300 g/mol. The maximum atomic E-state index is 5.62. The molecule has 116 valence electrons. The second kappa shape index (κ2) is 8.62. The first kappa shape index (κ1) is 15.8. The third-order valence-corrected chi connectivity index (χ3v) is 2.96. The largest absolute Gasteiger partial charge is 0.498 e. The van der Waals surface area contributed by atoms with Gasteiger partial charge in [-0.25, -0.2) is 0 Å². The van der Waals surface area contributed by atoms with Crippen molar-refractivity contribution in [3.8, 4) is 11.5 Å². The van der Waals surface area contributed by atoms with Gasteiger partial charge >= 0.3 is 0 Å². The minimum atomic E-state index is 0.479. The molecule has 0 amide bonds. The fourth-order valence-corrected chi connectivity index (χ4v) is 1.96. The number of ether oxygens (including phenoxy) is 4. The van der Waals surface area contributed by atoms with Gasteiger partial charge in [-0.3, -0.25) is 0 Å². The zero-order chi connectivity index (χ0) is 15.6. The van der Waals surface area contributed by atoms with Gasteiger partial charge < -0.3 is 18.9 Å². The highest BCUT2D eigenvalue weighted by Crippen LogP contribution is 2.25. The summed E-state index contributed by atoms with van der Waals surface area (Å²) >= 11 is 0. The second-order valence-electron chi connectivity index (χ2n) is 4.44. The average Bonchev–Trinajstić information content (AvgIpc) is 2.55. The lowest BCUT2D eigenvalue weighted by atomic mass is 10.1. The van der Waals surface area contributed by atoms with Crippen LogP contribution in [-0.4, -0.2) is 26.4 Å². The van der Waals surface area contributed by atoms with E-state index in [1.165, 1.54) is 12.5 Å². The van der Waals surface area contributed by atoms with E-state index in [2.05, 4.69) is 13.2 Å². The molecule has 2 aromatic rings. The van der Waals surface area contributed by atoms with Crippen molar-refractivity contribution >= 4 is 10.8 Å². The molecule has 2 rings (SSSR count). The molecule has 2 aromatic carbocycles. The molecule has 0 radical (unpaired) electrons. The van der Waals surface area contributed by atoms with Crippen LogP contribution in [0.15, 0.2) is 62.1 Å². The Morgan fingerprint density at radius 2 is 1.18 bits per heavy atom. The van der Waals surface area contributed by atoms with Crippen molar-refractivity contribution in [1.29, 1.82) is 0 Å². The maximum absolute atomic E-state index is 5.62. The standard InChI is InChI=1S/C18H20O4/c1-3-19-9-11-21-17-7-5-15-6-8-18(14-16(15)13-17)22-12-10-20-4-2/h3-8,13-14H,1-2,9-12H2. The van der Waals surface area contributed by atoms with E-state index in [9.17, 15) is 0 Å². The van der Waals surface area contributed by atoms with Crippen molar-refractivity contribution in [3.63, 3.8) is 0 Å². The highest BCUT2D eigenvalue weighted by molar-refractivity contribution is 5.85. The maximum Gasteiger partial charge on any atom is 0.122 e. The molecule has 0 heterocycles. The summed E-state index contributed by atoms with van der Waals surface area (Å²) in [6.45, 7) is 8.89. The molecule has 0 bridgehead atoms. The smallest absolute Gasteiger partial charge is 0.122 e. The molecule has 0 fully saturated rings. The Labute approximate surface area is 130 Å². The third kappa shape index (κ3) is 4.74. The summed E-state index contributed by atoms with van der Waals surface area (Å²) in [6, 6.07) is 11.9. The zero-order valence-electron chi connectivity index (χ0n) is 12.5. The molecule has 0 aliphatic heterocycles. The Morgan fingerprint density at radius 3 is 1.64 bits per heavy atom. The van der Waals surface area contributed by atoms with Crippen molar-refractivity contribution in [2.75, 3.05) is 26.4 Å². The summed E-state index contributed by atoms with van der Waals surface area (Å²) in [5, 5.41) is 2.19. The summed E-state index contributed by atoms with van der Waals surface area (Å²) in [7, 11) is 0. The van der Waals surface area contributed by atoms with Crippen LogP contribution in [0, 0.1) is 0 Å². The van der Waals surface area contributed by atoms with Gasteiger partial charge in [-0.1, -0.05) is 25.3 Å². The van der Waals surface area contributed by atoms with Crippen molar-refractivity contribution in [2.45, 2.75) is 0 Å². The van der Waals surface area contributed by atoms with Crippen LogP contribution in [0.2, 0.25) is 0 Å². The van der Waals surface area contributed by atoms with Gasteiger partial charge in [0.2, 0.25) is 0 Å². The summed E-state index contributed by atoms with van der Waals surface area (Å²) in [5.41, 5.74) is 0. The first-order chi connectivity index (χ1) is 10.8. The van der Waals surface area contributed by atoms with Gasteiger partial charge in [0.15, 0.2) is 0 Å². The van der Waals surface area contributed by atoms with Crippen LogP contribution in [0.1, 0.15) is 0 Å². The first-order valence-electron chi connectivity index (χ1n) is 7.08. The van der Waals surface area contributed by atoms with Gasteiger partial charge in [-0.05, 0) is 35.0 Å². The lowest BCUT2D eigenvalue weighted by molar-refractivity contribution is 0.179. The second-order valence-corrected chi connectivity index (χ2v) is 4.44. The summed E-state index contributed by atoms with van der Waals surface area (Å²) < 4.78 is 21.3. The fourth-order valence-electron chi connectivity index (χ4n) is 1.96. The van der Waals surface area contributed by atoms with Crippen LogP contribution in [0.4, 0.5) is 0 Å². The predicted octanol–water partition coefficient (Wildman–Crippen LogP) is 3.92. The Balaban J connectivity index is 1.99. The topological polar surface area (TPSA) is 36.9 Å². The molecular formula is C18H20O4. The fraction of sp³-hybridized carbons (Fsp3) is 0.222. The van der Waals surface area contributed by atoms with E-state index in [0.29, 0.717) is 26.4 Å². The van der Waals surface area contributed by atoms with Crippen LogP contribution in [0.25, 0.3) is 10.8 Å². The van der Waals surface area contributed by atoms with Gasteiger partial charge in [0.05, 0.1) is 12.5 Å². The molecule has 0 N–H and O–H groups in total. The Morgan fingerprint density at radius 1 is 0.682 bits per heavy atom. The van der Waals surface area contributed by atoms with Crippen LogP contribution < -0.4 is 9.47 Å². The lowest BCUT2D eigenvalue weighted by Gasteiger charge is -2.09. The number of benzene rings is 2. The molecule has 0 saturated carbocycles. The Kier molecular flexibility index (Phi) is 6.18. The molecule has 0 spiro atoms. The van der Waals surface area contributed by atoms with Gasteiger partial charge in [0, 0.05) is 0 Å². The molecule has 0 aliphatic carbocycles. The van der Waals surface area contributed by atoms with E-state index in [1.807, 2.05) is 36.4 Å². The van der Waals surface area contributed by atoms with E-state index in [-0.39, 0.29) is 0 Å². The zero-order valence-corrected chi connectivity index (χ0v) is 12.5. The lowest BCUT2D eigenvalue weighted by Crippen LogP contribution is -2.04. The molecule has 0 unspecified atom stereocenters. The van der Waals surface area contributed by atoms with Crippen molar-refractivity contribution < 1.29 is 18.9 Å². The monoisotopic (exact) mass is 300 g/mol. The molecule has 22 heavy (non-hydrogen) atoms. The van der Waals surface area contributed by atoms with Gasteiger partial charge in [-0.2, -0.15) is 0 Å². The van der Waals surface area contributed by atoms with E-state index in [1.54, 1.807) is 0 Å². The number of rotatable bonds is 10. The highest BCUT2D eigenvalue weighted by Gasteiger charge is 2.01. The van der Waals surface area contributed by atoms with Gasteiger partial charge in [-0.15, -0.1) is 0 Å². The van der Waals surface area contributed by atoms with E-state index < -0.39 is 0 Å². The van der Waals surface area contributed by atoms with E-state index in [0.717, 1.165) is 22.3 Å². The van der Waals surface area contributed by atoms with Crippen molar-refractivity contribution in [1.82, 2.24) is 0 Å². The minimum Gasteiger partial charge on any atom is -0.498 e. The number of hydrogen-bond acceptors (Lipinski definition) is 4. The SMILES string of the molecule is C=COCCOc1ccc2ccc(OCCOC=C)cc2c1. The molecule has 0 atom stereocenters. The van der Waals surface area contributed by atoms with Crippen LogP contribution in [0.5, 0.6) is 11.5 Å². The first-order valence-corrected chi connectivity index (χ1v) is 7.08. The molecule has 0 saturated heterocycles. The van der Waals surface area contributed by atoms with Crippen molar-refractivity contribution in [2.24, 2.45) is 0 Å². The highest BCUT2D eigenvalue weighted by atomic mass is 16.5. The molecular weight excluding hydrogens is 280 g/mol.